The molecule has 112 valence electrons. The lowest BCUT2D eigenvalue weighted by molar-refractivity contribution is 0.265. The first-order valence-electron chi connectivity index (χ1n) is 6.47. The van der Waals surface area contributed by atoms with Gasteiger partial charge in [0.1, 0.15) is 0 Å². The molecule has 9 heteroatoms. The molecule has 1 aromatic heterocycles. The lowest BCUT2D eigenvalue weighted by Gasteiger charge is -2.30. The van der Waals surface area contributed by atoms with Gasteiger partial charge >= 0.3 is 5.69 Å². The molecule has 0 radical (unpaired) electrons. The van der Waals surface area contributed by atoms with Gasteiger partial charge in [-0.2, -0.15) is 4.31 Å². The van der Waals surface area contributed by atoms with Gasteiger partial charge in [-0.25, -0.2) is 13.2 Å². The Labute approximate surface area is 116 Å². The van der Waals surface area contributed by atoms with Crippen LogP contribution in [0.1, 0.15) is 19.3 Å². The second kappa shape index (κ2) is 5.90. The Morgan fingerprint density at radius 1 is 1.30 bits per heavy atom. The summed E-state index contributed by atoms with van der Waals surface area (Å²) in [6, 6.07) is 0. The Kier molecular flexibility index (Phi) is 4.41. The smallest absolute Gasteiger partial charge is 0.325 e. The molecule has 0 aromatic carbocycles. The molecule has 1 aliphatic rings. The van der Waals surface area contributed by atoms with E-state index < -0.39 is 26.2 Å². The van der Waals surface area contributed by atoms with Crippen LogP contribution in [-0.4, -0.2) is 42.3 Å². The SMILES string of the molecule is NCCC1CCN(S(=O)(=O)c2c[nH]c(=O)[nH]c2=O)CC1. The molecule has 20 heavy (non-hydrogen) atoms. The van der Waals surface area contributed by atoms with Crippen LogP contribution in [0.25, 0.3) is 0 Å². The van der Waals surface area contributed by atoms with E-state index in [1.807, 2.05) is 4.98 Å². The van der Waals surface area contributed by atoms with E-state index in [-0.39, 0.29) is 0 Å². The van der Waals surface area contributed by atoms with Gasteiger partial charge < -0.3 is 10.7 Å². The number of H-pyrrole nitrogens is 2. The summed E-state index contributed by atoms with van der Waals surface area (Å²) in [6.45, 7) is 1.33. The molecule has 2 heterocycles. The number of aromatic amines is 2. The van der Waals surface area contributed by atoms with Crippen LogP contribution in [0.15, 0.2) is 20.7 Å². The summed E-state index contributed by atoms with van der Waals surface area (Å²) in [5.74, 6) is 0.431. The molecule has 1 aromatic rings. The fourth-order valence-corrected chi connectivity index (χ4v) is 3.87. The Morgan fingerprint density at radius 3 is 2.50 bits per heavy atom. The molecule has 1 fully saturated rings. The van der Waals surface area contributed by atoms with Crippen LogP contribution in [0.5, 0.6) is 0 Å². The van der Waals surface area contributed by atoms with Crippen molar-refractivity contribution in [3.63, 3.8) is 0 Å². The minimum absolute atomic E-state index is 0.367. The van der Waals surface area contributed by atoms with Crippen molar-refractivity contribution in [1.82, 2.24) is 14.3 Å². The maximum Gasteiger partial charge on any atom is 0.325 e. The summed E-state index contributed by atoms with van der Waals surface area (Å²) in [4.78, 5) is 26.2. The van der Waals surface area contributed by atoms with E-state index in [1.54, 1.807) is 0 Å². The van der Waals surface area contributed by atoms with Crippen LogP contribution in [-0.2, 0) is 10.0 Å². The average molecular weight is 302 g/mol. The molecule has 8 nitrogen and oxygen atoms in total. The summed E-state index contributed by atoms with van der Waals surface area (Å²) < 4.78 is 26.0. The fraction of sp³-hybridized carbons (Fsp3) is 0.636. The number of sulfonamides is 1. The van der Waals surface area contributed by atoms with Crippen molar-refractivity contribution in [2.75, 3.05) is 19.6 Å². The van der Waals surface area contributed by atoms with E-state index in [1.165, 1.54) is 4.31 Å². The zero-order valence-corrected chi connectivity index (χ0v) is 11.8. The minimum Gasteiger partial charge on any atom is -0.330 e. The first-order valence-corrected chi connectivity index (χ1v) is 7.91. The predicted molar refractivity (Wildman–Crippen MR) is 72.8 cm³/mol. The van der Waals surface area contributed by atoms with Gasteiger partial charge in [0.05, 0.1) is 0 Å². The Morgan fingerprint density at radius 2 is 1.95 bits per heavy atom. The van der Waals surface area contributed by atoms with Crippen LogP contribution in [0.4, 0.5) is 0 Å². The summed E-state index contributed by atoms with van der Waals surface area (Å²) in [6.07, 6.45) is 3.30. The van der Waals surface area contributed by atoms with Crippen molar-refractivity contribution in [3.8, 4) is 0 Å². The van der Waals surface area contributed by atoms with Crippen LogP contribution in [0.3, 0.4) is 0 Å². The topological polar surface area (TPSA) is 129 Å². The molecular formula is C11H18N4O4S. The number of hydrogen-bond acceptors (Lipinski definition) is 5. The van der Waals surface area contributed by atoms with Crippen molar-refractivity contribution in [3.05, 3.63) is 27.0 Å². The van der Waals surface area contributed by atoms with Crippen LogP contribution >= 0.6 is 0 Å². The highest BCUT2D eigenvalue weighted by atomic mass is 32.2. The van der Waals surface area contributed by atoms with Crippen molar-refractivity contribution in [2.45, 2.75) is 24.2 Å². The third-order valence-corrected chi connectivity index (χ3v) is 5.46. The van der Waals surface area contributed by atoms with Gasteiger partial charge in [0.2, 0.25) is 10.0 Å². The number of rotatable bonds is 4. The summed E-state index contributed by atoms with van der Waals surface area (Å²) in [5.41, 5.74) is 3.88. The fourth-order valence-electron chi connectivity index (χ4n) is 2.40. The third kappa shape index (κ3) is 3.00. The highest BCUT2D eigenvalue weighted by Gasteiger charge is 2.31. The van der Waals surface area contributed by atoms with E-state index in [0.29, 0.717) is 25.6 Å². The van der Waals surface area contributed by atoms with Gasteiger partial charge in [0, 0.05) is 19.3 Å². The van der Waals surface area contributed by atoms with Gasteiger partial charge in [0.25, 0.3) is 5.56 Å². The zero-order valence-electron chi connectivity index (χ0n) is 11.0. The lowest BCUT2D eigenvalue weighted by Crippen LogP contribution is -2.41. The van der Waals surface area contributed by atoms with Gasteiger partial charge in [-0.3, -0.25) is 9.78 Å². The van der Waals surface area contributed by atoms with E-state index in [9.17, 15) is 18.0 Å². The van der Waals surface area contributed by atoms with Gasteiger partial charge in [0.15, 0.2) is 4.90 Å². The predicted octanol–water partition coefficient (Wildman–Crippen LogP) is -1.19. The maximum absolute atomic E-state index is 12.3. The van der Waals surface area contributed by atoms with E-state index in [0.717, 1.165) is 25.5 Å². The molecule has 0 unspecified atom stereocenters. The second-order valence-electron chi connectivity index (χ2n) is 4.86. The molecule has 1 aliphatic heterocycles. The zero-order chi connectivity index (χ0) is 14.8. The van der Waals surface area contributed by atoms with Crippen molar-refractivity contribution < 1.29 is 8.42 Å². The largest absolute Gasteiger partial charge is 0.330 e. The summed E-state index contributed by atoms with van der Waals surface area (Å²) in [5, 5.41) is 0. The quantitative estimate of drug-likeness (QED) is 0.644. The number of aromatic nitrogens is 2. The van der Waals surface area contributed by atoms with Gasteiger partial charge in [-0.1, -0.05) is 0 Å². The van der Waals surface area contributed by atoms with Gasteiger partial charge in [-0.15, -0.1) is 0 Å². The molecular weight excluding hydrogens is 284 g/mol. The number of nitrogens with two attached hydrogens (primary N) is 1. The average Bonchev–Trinajstić information content (AvgIpc) is 2.39. The molecule has 4 N–H and O–H groups in total. The molecule has 0 spiro atoms. The van der Waals surface area contributed by atoms with E-state index in [4.69, 9.17) is 5.73 Å². The monoisotopic (exact) mass is 302 g/mol. The second-order valence-corrected chi connectivity index (χ2v) is 6.77. The number of hydrogen-bond donors (Lipinski definition) is 3. The Balaban J connectivity index is 2.20. The first-order chi connectivity index (χ1) is 9.45. The number of nitrogens with zero attached hydrogens (tertiary/aromatic N) is 1. The Bertz CT molecular complexity index is 670. The summed E-state index contributed by atoms with van der Waals surface area (Å²) in [7, 11) is -3.86. The normalized spacial score (nSPS) is 18.2. The van der Waals surface area contributed by atoms with Crippen molar-refractivity contribution in [2.24, 2.45) is 11.7 Å². The van der Waals surface area contributed by atoms with Crippen LogP contribution in [0.2, 0.25) is 0 Å². The minimum atomic E-state index is -3.86. The Hall–Kier alpha value is -1.45. The highest BCUT2D eigenvalue weighted by Crippen LogP contribution is 2.23. The maximum atomic E-state index is 12.3. The van der Waals surface area contributed by atoms with Crippen LogP contribution < -0.4 is 17.0 Å². The van der Waals surface area contributed by atoms with Crippen molar-refractivity contribution in [1.29, 1.82) is 0 Å². The van der Waals surface area contributed by atoms with E-state index in [2.05, 4.69) is 4.98 Å². The third-order valence-electron chi connectivity index (χ3n) is 3.55. The van der Waals surface area contributed by atoms with Crippen molar-refractivity contribution >= 4 is 10.0 Å². The summed E-state index contributed by atoms with van der Waals surface area (Å²) >= 11 is 0. The molecule has 0 bridgehead atoms. The standard InChI is InChI=1S/C11H18N4O4S/c12-4-1-8-2-5-15(6-3-8)20(18,19)9-7-13-11(17)14-10(9)16/h7-8H,1-6,12H2,(H2,13,14,16,17). The highest BCUT2D eigenvalue weighted by molar-refractivity contribution is 7.89. The molecule has 0 amide bonds. The van der Waals surface area contributed by atoms with Gasteiger partial charge in [-0.05, 0) is 31.7 Å². The lowest BCUT2D eigenvalue weighted by atomic mass is 9.95. The van der Waals surface area contributed by atoms with Crippen LogP contribution in [0, 0.1) is 5.92 Å². The molecule has 1 saturated heterocycles. The molecule has 0 aliphatic carbocycles. The molecule has 2 rings (SSSR count). The molecule has 0 saturated carbocycles. The van der Waals surface area contributed by atoms with E-state index >= 15 is 0 Å². The number of piperidine rings is 1. The first kappa shape index (κ1) is 14.9. The number of nitrogens with one attached hydrogen (secondary N) is 2. The molecule has 0 atom stereocenters.